The van der Waals surface area contributed by atoms with Crippen molar-refractivity contribution in [1.29, 1.82) is 0 Å². The van der Waals surface area contributed by atoms with Gasteiger partial charge in [0.2, 0.25) is 5.91 Å². The van der Waals surface area contributed by atoms with Crippen LogP contribution in [0, 0.1) is 0 Å². The summed E-state index contributed by atoms with van der Waals surface area (Å²) in [4.78, 5) is 29.7. The Morgan fingerprint density at radius 1 is 1.06 bits per heavy atom. The number of para-hydroxylation sites is 1. The lowest BCUT2D eigenvalue weighted by Gasteiger charge is -2.20. The maximum absolute atomic E-state index is 13.1. The molecule has 1 atom stereocenters. The van der Waals surface area contributed by atoms with Crippen molar-refractivity contribution in [3.8, 4) is 0 Å². The summed E-state index contributed by atoms with van der Waals surface area (Å²) < 4.78 is 39.4. The Labute approximate surface area is 188 Å². The Morgan fingerprint density at radius 2 is 1.79 bits per heavy atom. The largest absolute Gasteiger partial charge is 0.416 e. The fraction of sp³-hybridized carbons (Fsp3) is 0.240. The molecule has 0 bridgehead atoms. The van der Waals surface area contributed by atoms with Crippen molar-refractivity contribution < 1.29 is 22.8 Å². The van der Waals surface area contributed by atoms with Crippen LogP contribution in [0.25, 0.3) is 0 Å². The second-order valence-electron chi connectivity index (χ2n) is 8.43. The van der Waals surface area contributed by atoms with E-state index in [-0.39, 0.29) is 30.1 Å². The van der Waals surface area contributed by atoms with Crippen LogP contribution < -0.4 is 10.6 Å². The van der Waals surface area contributed by atoms with Crippen molar-refractivity contribution in [3.63, 3.8) is 0 Å². The highest BCUT2D eigenvalue weighted by Gasteiger charge is 2.50. The third-order valence-electron chi connectivity index (χ3n) is 6.43. The highest BCUT2D eigenvalue weighted by Crippen LogP contribution is 2.47. The number of hydrogen-bond donors (Lipinski definition) is 2. The molecule has 0 saturated carbocycles. The number of alkyl halides is 3. The Bertz CT molecular complexity index is 1270. The van der Waals surface area contributed by atoms with Crippen LogP contribution in [-0.2, 0) is 35.6 Å². The second-order valence-corrected chi connectivity index (χ2v) is 8.43. The fourth-order valence-electron chi connectivity index (χ4n) is 4.83. The zero-order valence-electron chi connectivity index (χ0n) is 17.5. The molecule has 33 heavy (non-hydrogen) atoms. The summed E-state index contributed by atoms with van der Waals surface area (Å²) in [5.74, 6) is -0.520. The van der Waals surface area contributed by atoms with E-state index in [1.54, 1.807) is 18.3 Å². The monoisotopic (exact) mass is 451 g/mol. The van der Waals surface area contributed by atoms with Gasteiger partial charge >= 0.3 is 6.18 Å². The number of carbonyl (C=O) groups is 2. The van der Waals surface area contributed by atoms with E-state index in [4.69, 9.17) is 0 Å². The first-order valence-electron chi connectivity index (χ1n) is 10.6. The molecule has 1 unspecified atom stereocenters. The van der Waals surface area contributed by atoms with Crippen LogP contribution in [0.1, 0.15) is 38.3 Å². The summed E-state index contributed by atoms with van der Waals surface area (Å²) in [5.41, 5.74) is 2.46. The van der Waals surface area contributed by atoms with Gasteiger partial charge in [0.1, 0.15) is 5.69 Å². The Balaban J connectivity index is 1.29. The number of nitrogens with one attached hydrogen (secondary N) is 2. The van der Waals surface area contributed by atoms with E-state index >= 15 is 0 Å². The number of hydrogen-bond acceptors (Lipinski definition) is 3. The molecule has 0 fully saturated rings. The molecule has 1 aromatic heterocycles. The molecule has 8 heteroatoms. The number of nitrogens with zero attached hydrogens (tertiary/aromatic N) is 1. The number of fused-ring (bicyclic) bond motifs is 3. The van der Waals surface area contributed by atoms with Crippen LogP contribution >= 0.6 is 0 Å². The van der Waals surface area contributed by atoms with Gasteiger partial charge in [-0.1, -0.05) is 36.4 Å². The minimum Gasteiger partial charge on any atom is -0.350 e. The topological polar surface area (TPSA) is 71.1 Å². The van der Waals surface area contributed by atoms with Gasteiger partial charge in [-0.25, -0.2) is 0 Å². The van der Waals surface area contributed by atoms with Gasteiger partial charge in [-0.15, -0.1) is 0 Å². The number of aromatic nitrogens is 1. The average molecular weight is 451 g/mol. The smallest absolute Gasteiger partial charge is 0.350 e. The van der Waals surface area contributed by atoms with E-state index in [2.05, 4.69) is 15.6 Å². The van der Waals surface area contributed by atoms with Gasteiger partial charge in [0, 0.05) is 18.4 Å². The number of halogens is 3. The molecule has 2 N–H and O–H groups in total. The molecule has 1 aliphatic carbocycles. The van der Waals surface area contributed by atoms with Crippen LogP contribution in [0.2, 0.25) is 0 Å². The number of amides is 2. The quantitative estimate of drug-likeness (QED) is 0.629. The molecule has 5 nitrogen and oxygen atoms in total. The van der Waals surface area contributed by atoms with Gasteiger partial charge in [0.25, 0.3) is 5.91 Å². The number of carbonyl (C=O) groups excluding carboxylic acids is 2. The summed E-state index contributed by atoms with van der Waals surface area (Å²) >= 11 is 0. The molecule has 3 aromatic rings. The normalized spacial score (nSPS) is 18.7. The van der Waals surface area contributed by atoms with Crippen molar-refractivity contribution in [3.05, 3.63) is 94.3 Å². The van der Waals surface area contributed by atoms with Crippen molar-refractivity contribution in [2.75, 3.05) is 11.9 Å². The van der Waals surface area contributed by atoms with E-state index in [0.717, 1.165) is 28.4 Å². The zero-order chi connectivity index (χ0) is 23.2. The van der Waals surface area contributed by atoms with Gasteiger partial charge in [0.05, 0.1) is 11.0 Å². The van der Waals surface area contributed by atoms with Gasteiger partial charge in [-0.2, -0.15) is 13.2 Å². The highest BCUT2D eigenvalue weighted by atomic mass is 19.4. The molecular weight excluding hydrogens is 431 g/mol. The van der Waals surface area contributed by atoms with Gasteiger partial charge in [0.15, 0.2) is 0 Å². The standard InChI is InChI=1S/C25H20F3N3O2/c26-25(27,28)18-6-2-1-5-15(18)9-10-29-22(32)21-11-16-12-24(13-17(16)14-30-21)19-7-3-4-8-20(19)31-23(24)33/h1-8,11,14H,9-10,12-13H2,(H,29,32)(H,31,33). The van der Waals surface area contributed by atoms with E-state index in [1.807, 2.05) is 24.3 Å². The first-order chi connectivity index (χ1) is 15.8. The van der Waals surface area contributed by atoms with E-state index in [1.165, 1.54) is 12.1 Å². The minimum absolute atomic E-state index is 0.0460. The first-order valence-corrected chi connectivity index (χ1v) is 10.6. The van der Waals surface area contributed by atoms with Gasteiger partial charge in [-0.3, -0.25) is 14.6 Å². The SMILES string of the molecule is O=C(NCCc1ccccc1C(F)(F)F)c1cc2c(cn1)CC1(C2)C(=O)Nc2ccccc21. The van der Waals surface area contributed by atoms with E-state index in [0.29, 0.717) is 12.8 Å². The predicted molar refractivity (Wildman–Crippen MR) is 116 cm³/mol. The lowest BCUT2D eigenvalue weighted by molar-refractivity contribution is -0.138. The summed E-state index contributed by atoms with van der Waals surface area (Å²) in [6.45, 7) is 0.0460. The molecule has 2 heterocycles. The number of anilines is 1. The Hall–Kier alpha value is -3.68. The predicted octanol–water partition coefficient (Wildman–Crippen LogP) is 4.06. The van der Waals surface area contributed by atoms with Crippen molar-refractivity contribution in [2.45, 2.75) is 30.9 Å². The second kappa shape index (κ2) is 7.72. The summed E-state index contributed by atoms with van der Waals surface area (Å²) in [6, 6.07) is 14.6. The van der Waals surface area contributed by atoms with Gasteiger partial charge < -0.3 is 10.6 Å². The molecule has 2 aliphatic rings. The van der Waals surface area contributed by atoms with Crippen molar-refractivity contribution >= 4 is 17.5 Å². The van der Waals surface area contributed by atoms with Crippen LogP contribution in [0.3, 0.4) is 0 Å². The van der Waals surface area contributed by atoms with Crippen LogP contribution in [-0.4, -0.2) is 23.3 Å². The lowest BCUT2D eigenvalue weighted by atomic mass is 9.79. The molecule has 2 aromatic carbocycles. The number of pyridine rings is 1. The van der Waals surface area contributed by atoms with Crippen LogP contribution in [0.4, 0.5) is 18.9 Å². The van der Waals surface area contributed by atoms with Crippen LogP contribution in [0.5, 0.6) is 0 Å². The summed E-state index contributed by atoms with van der Waals surface area (Å²) in [5, 5.41) is 5.60. The fourth-order valence-corrected chi connectivity index (χ4v) is 4.83. The molecular formula is C25H20F3N3O2. The molecule has 1 spiro atoms. The highest BCUT2D eigenvalue weighted by molar-refractivity contribution is 6.07. The van der Waals surface area contributed by atoms with Crippen LogP contribution in [0.15, 0.2) is 60.8 Å². The van der Waals surface area contributed by atoms with Gasteiger partial charge in [-0.05, 0) is 59.7 Å². The van der Waals surface area contributed by atoms with E-state index < -0.39 is 23.1 Å². The summed E-state index contributed by atoms with van der Waals surface area (Å²) in [6.07, 6.45) is -1.80. The molecule has 1 aliphatic heterocycles. The number of rotatable bonds is 4. The first kappa shape index (κ1) is 21.2. The minimum atomic E-state index is -4.44. The molecule has 168 valence electrons. The Morgan fingerprint density at radius 3 is 2.61 bits per heavy atom. The molecule has 0 radical (unpaired) electrons. The Kier molecular flexibility index (Phi) is 4.96. The molecule has 0 saturated heterocycles. The maximum atomic E-state index is 13.1. The van der Waals surface area contributed by atoms with E-state index in [9.17, 15) is 22.8 Å². The average Bonchev–Trinajstić information content (AvgIpc) is 3.30. The lowest BCUT2D eigenvalue weighted by Crippen LogP contribution is -2.35. The number of benzene rings is 2. The third kappa shape index (κ3) is 3.65. The third-order valence-corrected chi connectivity index (χ3v) is 6.43. The molecule has 2 amide bonds. The zero-order valence-corrected chi connectivity index (χ0v) is 17.5. The maximum Gasteiger partial charge on any atom is 0.416 e. The summed E-state index contributed by atoms with van der Waals surface area (Å²) in [7, 11) is 0. The molecule has 5 rings (SSSR count). The van der Waals surface area contributed by atoms with Crippen molar-refractivity contribution in [2.24, 2.45) is 0 Å². The van der Waals surface area contributed by atoms with Crippen molar-refractivity contribution in [1.82, 2.24) is 10.3 Å².